The minimum Gasteiger partial charge on any atom is -0.507 e. The highest BCUT2D eigenvalue weighted by Gasteiger charge is 2.45. The number of rotatable bonds is 9. The number of carbonyl (C=O) groups is 3. The van der Waals surface area contributed by atoms with Gasteiger partial charge in [0.25, 0.3) is 0 Å². The smallest absolute Gasteiger partial charge is 0.408 e. The molecule has 0 saturated heterocycles. The number of benzene rings is 2. The first-order valence-corrected chi connectivity index (χ1v) is 12.8. The molecule has 2 atom stereocenters. The van der Waals surface area contributed by atoms with Crippen LogP contribution in [0, 0.1) is 6.92 Å². The Kier molecular flexibility index (Phi) is 8.84. The van der Waals surface area contributed by atoms with E-state index in [0.29, 0.717) is 11.1 Å². The number of aromatic hydroxyl groups is 1. The quantitative estimate of drug-likeness (QED) is 0.465. The lowest BCUT2D eigenvalue weighted by molar-refractivity contribution is -0.143. The van der Waals surface area contributed by atoms with Gasteiger partial charge in [-0.15, -0.1) is 0 Å². The summed E-state index contributed by atoms with van der Waals surface area (Å²) >= 11 is 0. The number of amides is 3. The van der Waals surface area contributed by atoms with Crippen LogP contribution in [-0.4, -0.2) is 51.6 Å². The number of alkyl carbamates (subject to hydrolysis) is 1. The molecule has 2 aromatic carbocycles. The SMILES string of the molecule is Cc1cccc(C(C(=O)NC(C)C)N(C(=O)C(Cc2ccccc2)NC(=O)OC(C)(C)C)C2CC2)c1O. The molecule has 0 radical (unpaired) electrons. The van der Waals surface area contributed by atoms with Gasteiger partial charge in [-0.1, -0.05) is 48.5 Å². The monoisotopic (exact) mass is 509 g/mol. The van der Waals surface area contributed by atoms with E-state index in [4.69, 9.17) is 4.74 Å². The molecular weight excluding hydrogens is 470 g/mol. The maximum Gasteiger partial charge on any atom is 0.408 e. The number of nitrogens with zero attached hydrogens (tertiary/aromatic N) is 1. The molecule has 0 aromatic heterocycles. The summed E-state index contributed by atoms with van der Waals surface area (Å²) in [7, 11) is 0. The number of carbonyl (C=O) groups excluding carboxylic acids is 3. The van der Waals surface area contributed by atoms with Crippen LogP contribution < -0.4 is 10.6 Å². The average molecular weight is 510 g/mol. The molecule has 1 aliphatic rings. The Morgan fingerprint density at radius 3 is 2.24 bits per heavy atom. The van der Waals surface area contributed by atoms with Gasteiger partial charge in [0.1, 0.15) is 23.4 Å². The van der Waals surface area contributed by atoms with E-state index in [9.17, 15) is 19.5 Å². The summed E-state index contributed by atoms with van der Waals surface area (Å²) in [4.78, 5) is 42.1. The van der Waals surface area contributed by atoms with Crippen LogP contribution in [0.5, 0.6) is 5.75 Å². The van der Waals surface area contributed by atoms with Crippen molar-refractivity contribution in [2.24, 2.45) is 0 Å². The summed E-state index contributed by atoms with van der Waals surface area (Å²) in [6, 6.07) is 12.2. The van der Waals surface area contributed by atoms with Crippen LogP contribution in [0.2, 0.25) is 0 Å². The molecule has 1 aliphatic carbocycles. The molecule has 0 spiro atoms. The second kappa shape index (κ2) is 11.7. The zero-order valence-electron chi connectivity index (χ0n) is 22.6. The minimum atomic E-state index is -1.05. The van der Waals surface area contributed by atoms with Gasteiger partial charge in [0, 0.05) is 24.1 Å². The highest BCUT2D eigenvalue weighted by atomic mass is 16.6. The zero-order valence-corrected chi connectivity index (χ0v) is 22.6. The molecule has 2 aromatic rings. The Balaban J connectivity index is 2.04. The van der Waals surface area contributed by atoms with Crippen molar-refractivity contribution in [1.29, 1.82) is 0 Å². The van der Waals surface area contributed by atoms with Crippen molar-refractivity contribution >= 4 is 17.9 Å². The summed E-state index contributed by atoms with van der Waals surface area (Å²) in [6.45, 7) is 10.7. The Morgan fingerprint density at radius 2 is 1.68 bits per heavy atom. The first-order valence-electron chi connectivity index (χ1n) is 12.8. The molecule has 200 valence electrons. The number of aryl methyl sites for hydroxylation is 1. The van der Waals surface area contributed by atoms with Gasteiger partial charge >= 0.3 is 6.09 Å². The second-order valence-electron chi connectivity index (χ2n) is 10.9. The molecule has 37 heavy (non-hydrogen) atoms. The summed E-state index contributed by atoms with van der Waals surface area (Å²) in [5, 5.41) is 16.6. The summed E-state index contributed by atoms with van der Waals surface area (Å²) < 4.78 is 5.45. The van der Waals surface area contributed by atoms with Crippen molar-refractivity contribution in [1.82, 2.24) is 15.5 Å². The number of hydrogen-bond donors (Lipinski definition) is 3. The standard InChI is InChI=1S/C29H39N3O5/c1-18(2)30-26(34)24(22-14-10-11-19(3)25(22)33)32(21-15-16-21)27(35)23(17-20-12-8-7-9-13-20)31-28(36)37-29(4,5)6/h7-14,18,21,23-24,33H,15-17H2,1-6H3,(H,30,34)(H,31,36). The van der Waals surface area contributed by atoms with Gasteiger partial charge in [0.2, 0.25) is 11.8 Å². The molecule has 8 nitrogen and oxygen atoms in total. The number of nitrogens with one attached hydrogen (secondary N) is 2. The van der Waals surface area contributed by atoms with E-state index < -0.39 is 29.7 Å². The van der Waals surface area contributed by atoms with Gasteiger partial charge in [-0.25, -0.2) is 4.79 Å². The Labute approximate surface area is 219 Å². The van der Waals surface area contributed by atoms with Crippen LogP contribution >= 0.6 is 0 Å². The predicted octanol–water partition coefficient (Wildman–Crippen LogP) is 4.39. The average Bonchev–Trinajstić information content (AvgIpc) is 3.63. The molecule has 3 N–H and O–H groups in total. The molecule has 3 amide bonds. The summed E-state index contributed by atoms with van der Waals surface area (Å²) in [5.74, 6) is -0.807. The van der Waals surface area contributed by atoms with Crippen molar-refractivity contribution in [2.45, 2.75) is 90.6 Å². The number of ether oxygens (including phenoxy) is 1. The first-order chi connectivity index (χ1) is 17.4. The van der Waals surface area contributed by atoms with E-state index in [1.54, 1.807) is 45.9 Å². The lowest BCUT2D eigenvalue weighted by atomic mass is 9.97. The van der Waals surface area contributed by atoms with Crippen molar-refractivity contribution in [3.05, 3.63) is 65.2 Å². The summed E-state index contributed by atoms with van der Waals surface area (Å²) in [5.41, 5.74) is 1.08. The number of para-hydroxylation sites is 1. The number of phenols is 1. The molecule has 3 rings (SSSR count). The molecule has 1 saturated carbocycles. The van der Waals surface area contributed by atoms with E-state index in [0.717, 1.165) is 18.4 Å². The molecule has 0 bridgehead atoms. The van der Waals surface area contributed by atoms with Crippen molar-refractivity contribution < 1.29 is 24.2 Å². The fourth-order valence-electron chi connectivity index (χ4n) is 4.23. The first kappa shape index (κ1) is 28.0. The van der Waals surface area contributed by atoms with Crippen LogP contribution in [0.25, 0.3) is 0 Å². The Bertz CT molecular complexity index is 1110. The van der Waals surface area contributed by atoms with Gasteiger partial charge in [-0.3, -0.25) is 9.59 Å². The van der Waals surface area contributed by atoms with Gasteiger partial charge in [0.15, 0.2) is 0 Å². The lowest BCUT2D eigenvalue weighted by Gasteiger charge is -2.35. The number of phenolic OH excluding ortho intramolecular Hbond substituents is 1. The van der Waals surface area contributed by atoms with Gasteiger partial charge in [0.05, 0.1) is 0 Å². The molecule has 1 fully saturated rings. The van der Waals surface area contributed by atoms with Crippen molar-refractivity contribution in [3.8, 4) is 5.75 Å². The highest BCUT2D eigenvalue weighted by Crippen LogP contribution is 2.39. The third-order valence-electron chi connectivity index (χ3n) is 5.99. The van der Waals surface area contributed by atoms with Crippen LogP contribution in [0.15, 0.2) is 48.5 Å². The maximum atomic E-state index is 14.2. The van der Waals surface area contributed by atoms with Gasteiger partial charge in [-0.05, 0) is 65.5 Å². The molecule has 2 unspecified atom stereocenters. The minimum absolute atomic E-state index is 0.0235. The van der Waals surface area contributed by atoms with E-state index in [2.05, 4.69) is 10.6 Å². The Hall–Kier alpha value is -3.55. The van der Waals surface area contributed by atoms with Crippen LogP contribution in [-0.2, 0) is 20.7 Å². The molecule has 0 heterocycles. The lowest BCUT2D eigenvalue weighted by Crippen LogP contribution is -2.55. The predicted molar refractivity (Wildman–Crippen MR) is 142 cm³/mol. The van der Waals surface area contributed by atoms with E-state index in [1.807, 2.05) is 44.2 Å². The third kappa shape index (κ3) is 7.71. The van der Waals surface area contributed by atoms with E-state index >= 15 is 0 Å². The largest absolute Gasteiger partial charge is 0.507 e. The van der Waals surface area contributed by atoms with Crippen LogP contribution in [0.3, 0.4) is 0 Å². The molecular formula is C29H39N3O5. The topological polar surface area (TPSA) is 108 Å². The van der Waals surface area contributed by atoms with Crippen molar-refractivity contribution in [2.75, 3.05) is 0 Å². The number of hydrogen-bond acceptors (Lipinski definition) is 5. The van der Waals surface area contributed by atoms with Crippen molar-refractivity contribution in [3.63, 3.8) is 0 Å². The zero-order chi connectivity index (χ0) is 27.3. The van der Waals surface area contributed by atoms with Crippen LogP contribution in [0.1, 0.15) is 70.2 Å². The van der Waals surface area contributed by atoms with Gasteiger partial charge < -0.3 is 25.4 Å². The summed E-state index contributed by atoms with van der Waals surface area (Å²) in [6.07, 6.45) is 0.974. The van der Waals surface area contributed by atoms with E-state index in [1.165, 1.54) is 4.90 Å². The Morgan fingerprint density at radius 1 is 1.03 bits per heavy atom. The second-order valence-corrected chi connectivity index (χ2v) is 10.9. The third-order valence-corrected chi connectivity index (χ3v) is 5.99. The fourth-order valence-corrected chi connectivity index (χ4v) is 4.23. The fraction of sp³-hybridized carbons (Fsp3) is 0.483. The van der Waals surface area contributed by atoms with Gasteiger partial charge in [-0.2, -0.15) is 0 Å². The van der Waals surface area contributed by atoms with E-state index in [-0.39, 0.29) is 30.2 Å². The highest BCUT2D eigenvalue weighted by molar-refractivity contribution is 5.93. The van der Waals surface area contributed by atoms with Crippen LogP contribution in [0.4, 0.5) is 4.79 Å². The molecule has 0 aliphatic heterocycles. The maximum absolute atomic E-state index is 14.2. The molecule has 8 heteroatoms. The normalized spacial score (nSPS) is 15.0.